The van der Waals surface area contributed by atoms with Crippen LogP contribution in [0.5, 0.6) is 0 Å². The zero-order valence-electron chi connectivity index (χ0n) is 32.7. The summed E-state index contributed by atoms with van der Waals surface area (Å²) in [5.74, 6) is -1.62. The molecule has 1 aliphatic carbocycles. The van der Waals surface area contributed by atoms with Crippen molar-refractivity contribution in [2.24, 2.45) is 5.92 Å². The molecule has 4 N–H and O–H groups in total. The fourth-order valence-corrected chi connectivity index (χ4v) is 7.15. The van der Waals surface area contributed by atoms with Gasteiger partial charge in [-0.1, -0.05) is 194 Å². The maximum atomic E-state index is 12.8. The minimum atomic E-state index is -1.69. The molecule has 0 bridgehead atoms. The van der Waals surface area contributed by atoms with Crippen LogP contribution in [0.1, 0.15) is 213 Å². The van der Waals surface area contributed by atoms with Crippen LogP contribution < -0.4 is 0 Å². The van der Waals surface area contributed by atoms with Crippen molar-refractivity contribution in [1.82, 2.24) is 0 Å². The summed E-state index contributed by atoms with van der Waals surface area (Å²) in [6.07, 6.45) is 25.5. The van der Waals surface area contributed by atoms with Crippen molar-refractivity contribution in [1.29, 1.82) is 0 Å². The van der Waals surface area contributed by atoms with E-state index in [1.54, 1.807) is 6.92 Å². The van der Waals surface area contributed by atoms with Crippen LogP contribution in [-0.2, 0) is 19.1 Å². The van der Waals surface area contributed by atoms with Crippen LogP contribution in [0.15, 0.2) is 0 Å². The second kappa shape index (κ2) is 31.3. The van der Waals surface area contributed by atoms with Crippen LogP contribution in [0, 0.1) is 5.92 Å². The maximum Gasteiger partial charge on any atom is 0.309 e. The summed E-state index contributed by atoms with van der Waals surface area (Å²) in [4.78, 5) is 25.2. The van der Waals surface area contributed by atoms with Gasteiger partial charge in [-0.2, -0.15) is 0 Å². The van der Waals surface area contributed by atoms with Gasteiger partial charge < -0.3 is 29.9 Å². The van der Waals surface area contributed by atoms with Gasteiger partial charge in [-0.25, -0.2) is 0 Å². The van der Waals surface area contributed by atoms with Crippen molar-refractivity contribution in [3.8, 4) is 0 Å². The minimum absolute atomic E-state index is 0.134. The van der Waals surface area contributed by atoms with E-state index in [-0.39, 0.29) is 6.42 Å². The monoisotopic (exact) mass is 713 g/mol. The standard InChI is InChI=1S/C42H80O8/c1-4-6-8-10-12-14-16-18-19-21-23-25-27-29-31-33-35(43)49-40-36(44)38(46)41(39(47)37(40)45)50-42(48)34(3)32-30-28-26-24-22-20-17-15-13-11-9-7-5-2/h34,36-41,44-47H,4-33H2,1-3H3. The van der Waals surface area contributed by atoms with Gasteiger partial charge in [-0.15, -0.1) is 0 Å². The maximum absolute atomic E-state index is 12.8. The van der Waals surface area contributed by atoms with Crippen LogP contribution in [-0.4, -0.2) is 69.0 Å². The molecule has 0 amide bonds. The van der Waals surface area contributed by atoms with Crippen LogP contribution >= 0.6 is 0 Å². The summed E-state index contributed by atoms with van der Waals surface area (Å²) in [5.41, 5.74) is 0. The number of rotatable bonds is 33. The molecule has 0 aromatic heterocycles. The second-order valence-electron chi connectivity index (χ2n) is 15.5. The topological polar surface area (TPSA) is 134 Å². The third-order valence-electron chi connectivity index (χ3n) is 10.7. The Hall–Kier alpha value is -1.22. The Morgan fingerprint density at radius 1 is 0.440 bits per heavy atom. The Balaban J connectivity index is 2.17. The number of aliphatic hydroxyl groups excluding tert-OH is 4. The molecule has 296 valence electrons. The summed E-state index contributed by atoms with van der Waals surface area (Å²) in [5, 5.41) is 42.6. The quantitative estimate of drug-likeness (QED) is 0.0391. The molecule has 1 rings (SSSR count). The SMILES string of the molecule is CCCCCCCCCCCCCCCCCC(=O)OC1C(O)C(O)C(OC(=O)C(C)CCCCCCCCCCCCCCC)C(O)C1O. The van der Waals surface area contributed by atoms with E-state index in [4.69, 9.17) is 9.47 Å². The molecule has 50 heavy (non-hydrogen) atoms. The fourth-order valence-electron chi connectivity index (χ4n) is 7.15. The lowest BCUT2D eigenvalue weighted by Gasteiger charge is -2.42. The summed E-state index contributed by atoms with van der Waals surface area (Å²) < 4.78 is 10.7. The number of ether oxygens (including phenoxy) is 2. The second-order valence-corrected chi connectivity index (χ2v) is 15.5. The Morgan fingerprint density at radius 3 is 1.06 bits per heavy atom. The Morgan fingerprint density at radius 2 is 0.720 bits per heavy atom. The van der Waals surface area contributed by atoms with Crippen LogP contribution in [0.25, 0.3) is 0 Å². The molecule has 5 atom stereocenters. The minimum Gasteiger partial charge on any atom is -0.457 e. The molecular formula is C42H80O8. The molecule has 0 radical (unpaired) electrons. The van der Waals surface area contributed by atoms with Crippen molar-refractivity contribution in [3.05, 3.63) is 0 Å². The Kier molecular flexibility index (Phi) is 29.3. The molecule has 0 heterocycles. The summed E-state index contributed by atoms with van der Waals surface area (Å²) >= 11 is 0. The van der Waals surface area contributed by atoms with Gasteiger partial charge in [-0.3, -0.25) is 9.59 Å². The van der Waals surface area contributed by atoms with Crippen LogP contribution in [0.4, 0.5) is 0 Å². The van der Waals surface area contributed by atoms with E-state index in [0.717, 1.165) is 38.5 Å². The molecule has 5 unspecified atom stereocenters. The van der Waals surface area contributed by atoms with Gasteiger partial charge in [0.05, 0.1) is 5.92 Å². The van der Waals surface area contributed by atoms with Crippen molar-refractivity contribution in [2.45, 2.75) is 250 Å². The van der Waals surface area contributed by atoms with Crippen molar-refractivity contribution in [2.75, 3.05) is 0 Å². The molecule has 1 aliphatic rings. The smallest absolute Gasteiger partial charge is 0.309 e. The van der Waals surface area contributed by atoms with E-state index in [1.807, 2.05) is 0 Å². The molecule has 8 heteroatoms. The van der Waals surface area contributed by atoms with E-state index < -0.39 is 54.5 Å². The average Bonchev–Trinajstić information content (AvgIpc) is 3.11. The normalized spacial score (nSPS) is 22.8. The van der Waals surface area contributed by atoms with Gasteiger partial charge >= 0.3 is 11.9 Å². The van der Waals surface area contributed by atoms with Crippen molar-refractivity contribution < 1.29 is 39.5 Å². The third kappa shape index (κ3) is 22.0. The predicted molar refractivity (Wildman–Crippen MR) is 203 cm³/mol. The molecule has 0 saturated heterocycles. The van der Waals surface area contributed by atoms with E-state index >= 15 is 0 Å². The molecule has 0 spiro atoms. The lowest BCUT2D eigenvalue weighted by Crippen LogP contribution is -2.65. The molecule has 1 saturated carbocycles. The predicted octanol–water partition coefficient (Wildman–Crippen LogP) is 9.65. The van der Waals surface area contributed by atoms with E-state index in [9.17, 15) is 30.0 Å². The van der Waals surface area contributed by atoms with Gasteiger partial charge in [0.2, 0.25) is 0 Å². The van der Waals surface area contributed by atoms with E-state index in [1.165, 1.54) is 135 Å². The first-order valence-corrected chi connectivity index (χ1v) is 21.4. The highest BCUT2D eigenvalue weighted by Gasteiger charge is 2.52. The number of carbonyl (C=O) groups excluding carboxylic acids is 2. The highest BCUT2D eigenvalue weighted by Crippen LogP contribution is 2.28. The summed E-state index contributed by atoms with van der Waals surface area (Å²) in [7, 11) is 0. The van der Waals surface area contributed by atoms with Gasteiger partial charge in [0, 0.05) is 6.42 Å². The lowest BCUT2D eigenvalue weighted by molar-refractivity contribution is -0.242. The van der Waals surface area contributed by atoms with Crippen LogP contribution in [0.2, 0.25) is 0 Å². The first-order chi connectivity index (χ1) is 24.2. The summed E-state index contributed by atoms with van der Waals surface area (Å²) in [6.45, 7) is 6.25. The van der Waals surface area contributed by atoms with Crippen LogP contribution in [0.3, 0.4) is 0 Å². The van der Waals surface area contributed by atoms with E-state index in [2.05, 4.69) is 13.8 Å². The number of hydrogen-bond donors (Lipinski definition) is 4. The lowest BCUT2D eigenvalue weighted by atomic mass is 9.84. The molecular weight excluding hydrogens is 632 g/mol. The van der Waals surface area contributed by atoms with Gasteiger partial charge in [0.25, 0.3) is 0 Å². The van der Waals surface area contributed by atoms with Gasteiger partial charge in [0.15, 0.2) is 12.2 Å². The largest absolute Gasteiger partial charge is 0.457 e. The number of aliphatic hydroxyl groups is 4. The van der Waals surface area contributed by atoms with E-state index in [0.29, 0.717) is 12.8 Å². The van der Waals surface area contributed by atoms with Gasteiger partial charge in [0.1, 0.15) is 24.4 Å². The molecule has 8 nitrogen and oxygen atoms in total. The zero-order chi connectivity index (χ0) is 36.8. The third-order valence-corrected chi connectivity index (χ3v) is 10.7. The molecule has 0 aliphatic heterocycles. The number of carbonyl (C=O) groups is 2. The van der Waals surface area contributed by atoms with Gasteiger partial charge in [-0.05, 0) is 12.8 Å². The van der Waals surface area contributed by atoms with Crippen molar-refractivity contribution >= 4 is 11.9 Å². The Bertz CT molecular complexity index is 791. The first-order valence-electron chi connectivity index (χ1n) is 21.4. The summed E-state index contributed by atoms with van der Waals surface area (Å²) in [6, 6.07) is 0. The first kappa shape index (κ1) is 46.8. The number of unbranched alkanes of at least 4 members (excludes halogenated alkanes) is 26. The molecule has 1 fully saturated rings. The highest BCUT2D eigenvalue weighted by atomic mass is 16.6. The Labute approximate surface area is 306 Å². The highest BCUT2D eigenvalue weighted by molar-refractivity contribution is 5.72. The zero-order valence-corrected chi connectivity index (χ0v) is 32.7. The fraction of sp³-hybridized carbons (Fsp3) is 0.952. The number of hydrogen-bond acceptors (Lipinski definition) is 8. The average molecular weight is 713 g/mol. The number of esters is 2. The molecule has 0 aromatic carbocycles. The van der Waals surface area contributed by atoms with Crippen molar-refractivity contribution in [3.63, 3.8) is 0 Å². The molecule has 0 aromatic rings.